The molecule has 1 aromatic carbocycles. The van der Waals surface area contributed by atoms with Crippen LogP contribution in [-0.2, 0) is 33.1 Å². The summed E-state index contributed by atoms with van der Waals surface area (Å²) < 4.78 is 46.0. The molecule has 1 saturated carbocycles. The lowest BCUT2D eigenvalue weighted by Crippen LogP contribution is -2.33. The fraction of sp³-hybridized carbons (Fsp3) is 0.370. The normalized spacial score (nSPS) is 13.7. The van der Waals surface area contributed by atoms with Crippen LogP contribution in [-0.4, -0.2) is 54.5 Å². The van der Waals surface area contributed by atoms with Gasteiger partial charge in [-0.05, 0) is 56.5 Å². The molecule has 2 aromatic heterocycles. The molecule has 3 aromatic rings. The van der Waals surface area contributed by atoms with Gasteiger partial charge in [0.05, 0.1) is 24.8 Å². The zero-order valence-corrected chi connectivity index (χ0v) is 23.2. The van der Waals surface area contributed by atoms with Crippen LogP contribution in [0.2, 0.25) is 0 Å². The molecule has 0 radical (unpaired) electrons. The summed E-state index contributed by atoms with van der Waals surface area (Å²) in [6, 6.07) is 11.8. The van der Waals surface area contributed by atoms with Crippen LogP contribution in [0.4, 0.5) is 0 Å². The van der Waals surface area contributed by atoms with E-state index in [9.17, 15) is 18.0 Å². The van der Waals surface area contributed by atoms with Crippen molar-refractivity contribution in [2.45, 2.75) is 38.0 Å². The highest BCUT2D eigenvalue weighted by Crippen LogP contribution is 2.45. The van der Waals surface area contributed by atoms with Crippen molar-refractivity contribution in [2.75, 3.05) is 19.8 Å². The molecule has 4 rings (SSSR count). The molecule has 40 heavy (non-hydrogen) atoms. The number of nitrogens with one attached hydrogen (secondary N) is 1. The molecule has 0 aliphatic heterocycles. The lowest BCUT2D eigenvalue weighted by atomic mass is 10.1. The third-order valence-electron chi connectivity index (χ3n) is 6.43. The van der Waals surface area contributed by atoms with E-state index in [0.29, 0.717) is 29.3 Å². The Bertz CT molecular complexity index is 1650. The molecule has 0 saturated heterocycles. The van der Waals surface area contributed by atoms with Crippen LogP contribution in [0.15, 0.2) is 51.8 Å². The number of ether oxygens (including phenoxy) is 3. The van der Waals surface area contributed by atoms with Gasteiger partial charge in [-0.25, -0.2) is 13.4 Å². The number of rotatable bonds is 10. The molecule has 1 amide bonds. The minimum absolute atomic E-state index is 0.0573. The maximum absolute atomic E-state index is 13.1. The highest BCUT2D eigenvalue weighted by atomic mass is 32.2. The van der Waals surface area contributed by atoms with Crippen molar-refractivity contribution in [3.05, 3.63) is 69.6 Å². The van der Waals surface area contributed by atoms with E-state index in [2.05, 4.69) is 14.7 Å². The van der Waals surface area contributed by atoms with E-state index < -0.39 is 26.2 Å². The van der Waals surface area contributed by atoms with Gasteiger partial charge in [0.2, 0.25) is 5.88 Å². The molecule has 210 valence electrons. The number of benzene rings is 1. The highest BCUT2D eigenvalue weighted by Gasteiger charge is 2.56. The number of aromatic nitrogens is 2. The second kappa shape index (κ2) is 11.7. The number of fused-ring (bicyclic) bond motifs is 1. The zero-order valence-electron chi connectivity index (χ0n) is 22.3. The lowest BCUT2D eigenvalue weighted by molar-refractivity contribution is 0.0949. The van der Waals surface area contributed by atoms with Gasteiger partial charge >= 0.3 is 6.08 Å². The number of carbonyl (C=O) groups is 1. The van der Waals surface area contributed by atoms with Crippen LogP contribution in [0.3, 0.4) is 0 Å². The fourth-order valence-corrected chi connectivity index (χ4v) is 5.32. The SMILES string of the molecule is CCOC(=NS(=O)(=O)C1(COc2nccc3cc(C(=O)NCc4ccc(C#N)cc4)c(=O)n(C)c23)CC1)OCC. The van der Waals surface area contributed by atoms with Crippen molar-refractivity contribution in [1.29, 1.82) is 5.26 Å². The minimum atomic E-state index is -4.04. The highest BCUT2D eigenvalue weighted by molar-refractivity contribution is 7.92. The van der Waals surface area contributed by atoms with Gasteiger partial charge in [-0.1, -0.05) is 16.5 Å². The summed E-state index contributed by atoms with van der Waals surface area (Å²) in [4.78, 5) is 30.2. The molecule has 0 spiro atoms. The molecule has 1 aliphatic rings. The number of nitriles is 1. The van der Waals surface area contributed by atoms with Crippen molar-refractivity contribution in [2.24, 2.45) is 11.4 Å². The molecule has 0 unspecified atom stereocenters. The van der Waals surface area contributed by atoms with Gasteiger partial charge in [0, 0.05) is 25.2 Å². The number of amides is 1. The molecule has 13 heteroatoms. The summed E-state index contributed by atoms with van der Waals surface area (Å²) in [6.45, 7) is 3.71. The Morgan fingerprint density at radius 2 is 1.85 bits per heavy atom. The smallest absolute Gasteiger partial charge is 0.399 e. The minimum Gasteiger partial charge on any atom is -0.474 e. The van der Waals surface area contributed by atoms with Crippen molar-refractivity contribution in [1.82, 2.24) is 14.9 Å². The van der Waals surface area contributed by atoms with E-state index >= 15 is 0 Å². The predicted molar refractivity (Wildman–Crippen MR) is 146 cm³/mol. The standard InChI is InChI=1S/C27H29N5O7S/c1-4-37-26(38-5-2)31-40(35,36)27(11-12-27)17-39-24-22-20(10-13-29-24)14-21(25(34)32(22)3)23(33)30-16-19-8-6-18(15-28)7-9-19/h6-10,13-14H,4-5,11-12,16-17H2,1-3H3,(H,30,33). The van der Waals surface area contributed by atoms with E-state index in [-0.39, 0.29) is 43.9 Å². The zero-order chi connectivity index (χ0) is 28.9. The molecule has 0 bridgehead atoms. The van der Waals surface area contributed by atoms with Gasteiger partial charge in [0.15, 0.2) is 0 Å². The Kier molecular flexibility index (Phi) is 8.39. The van der Waals surface area contributed by atoms with E-state index in [1.165, 1.54) is 23.9 Å². The number of nitrogens with zero attached hydrogens (tertiary/aromatic N) is 4. The largest absolute Gasteiger partial charge is 0.474 e. The van der Waals surface area contributed by atoms with Crippen LogP contribution in [0.5, 0.6) is 5.88 Å². The summed E-state index contributed by atoms with van der Waals surface area (Å²) in [5.41, 5.74) is 0.948. The molecule has 0 atom stereocenters. The molecular formula is C27H29N5O7S. The van der Waals surface area contributed by atoms with E-state index in [1.807, 2.05) is 6.07 Å². The Hall–Kier alpha value is -4.44. The summed E-state index contributed by atoms with van der Waals surface area (Å²) in [5.74, 6) is -0.506. The van der Waals surface area contributed by atoms with Gasteiger partial charge in [0.25, 0.3) is 21.5 Å². The lowest BCUT2D eigenvalue weighted by Gasteiger charge is -2.17. The van der Waals surface area contributed by atoms with E-state index in [0.717, 1.165) is 5.56 Å². The average Bonchev–Trinajstić information content (AvgIpc) is 3.75. The Balaban J connectivity index is 1.55. The Morgan fingerprint density at radius 3 is 2.45 bits per heavy atom. The summed E-state index contributed by atoms with van der Waals surface area (Å²) in [7, 11) is -2.55. The van der Waals surface area contributed by atoms with Crippen LogP contribution in [0.25, 0.3) is 10.9 Å². The number of sulfonamides is 1. The molecule has 12 nitrogen and oxygen atoms in total. The first kappa shape index (κ1) is 28.6. The average molecular weight is 568 g/mol. The molecule has 1 aliphatic carbocycles. The fourth-order valence-electron chi connectivity index (χ4n) is 4.00. The maximum atomic E-state index is 13.1. The molecule has 1 fully saturated rings. The quantitative estimate of drug-likeness (QED) is 0.286. The topological polar surface area (TPSA) is 162 Å². The van der Waals surface area contributed by atoms with Crippen molar-refractivity contribution >= 4 is 32.9 Å². The number of hydrogen-bond donors (Lipinski definition) is 1. The monoisotopic (exact) mass is 567 g/mol. The first-order valence-corrected chi connectivity index (χ1v) is 14.1. The van der Waals surface area contributed by atoms with Gasteiger partial charge in [-0.2, -0.15) is 5.26 Å². The second-order valence-electron chi connectivity index (χ2n) is 9.14. The van der Waals surface area contributed by atoms with Crippen LogP contribution in [0.1, 0.15) is 48.2 Å². The van der Waals surface area contributed by atoms with Crippen LogP contribution in [0, 0.1) is 11.3 Å². The number of carbonyl (C=O) groups excluding carboxylic acids is 1. The molecule has 2 heterocycles. The number of hydrogen-bond acceptors (Lipinski definition) is 9. The van der Waals surface area contributed by atoms with Crippen molar-refractivity contribution in [3.8, 4) is 11.9 Å². The first-order valence-electron chi connectivity index (χ1n) is 12.6. The maximum Gasteiger partial charge on any atom is 0.399 e. The van der Waals surface area contributed by atoms with Gasteiger partial charge < -0.3 is 24.1 Å². The van der Waals surface area contributed by atoms with Gasteiger partial charge in [0.1, 0.15) is 22.4 Å². The van der Waals surface area contributed by atoms with Crippen LogP contribution >= 0.6 is 0 Å². The Labute approximate surface area is 231 Å². The first-order chi connectivity index (χ1) is 19.1. The van der Waals surface area contributed by atoms with Crippen LogP contribution < -0.4 is 15.6 Å². The van der Waals surface area contributed by atoms with E-state index in [1.54, 1.807) is 44.2 Å². The third-order valence-corrected chi connectivity index (χ3v) is 8.44. The third kappa shape index (κ3) is 5.91. The van der Waals surface area contributed by atoms with Gasteiger partial charge in [-0.15, -0.1) is 0 Å². The van der Waals surface area contributed by atoms with Crippen molar-refractivity contribution < 1.29 is 27.4 Å². The molecular weight excluding hydrogens is 538 g/mol. The van der Waals surface area contributed by atoms with E-state index in [4.69, 9.17) is 19.5 Å². The summed E-state index contributed by atoms with van der Waals surface area (Å²) >= 11 is 0. The van der Waals surface area contributed by atoms with Crippen molar-refractivity contribution in [3.63, 3.8) is 0 Å². The Morgan fingerprint density at radius 1 is 1.18 bits per heavy atom. The number of pyridine rings is 2. The molecule has 1 N–H and O–H groups in total. The summed E-state index contributed by atoms with van der Waals surface area (Å²) in [5, 5.41) is 12.2. The predicted octanol–water partition coefficient (Wildman–Crippen LogP) is 2.41. The second-order valence-corrected chi connectivity index (χ2v) is 11.1. The number of aryl methyl sites for hydroxylation is 1. The summed E-state index contributed by atoms with van der Waals surface area (Å²) in [6.07, 6.45) is 1.80. The van der Waals surface area contributed by atoms with Gasteiger partial charge in [-0.3, -0.25) is 9.59 Å².